The number of benzene rings is 1. The molecule has 6 heteroatoms. The van der Waals surface area contributed by atoms with Gasteiger partial charge in [0.2, 0.25) is 11.8 Å². The molecule has 0 saturated heterocycles. The molecule has 0 bridgehead atoms. The molecule has 2 amide bonds. The van der Waals surface area contributed by atoms with Crippen molar-refractivity contribution in [2.75, 3.05) is 33.4 Å². The van der Waals surface area contributed by atoms with Gasteiger partial charge >= 0.3 is 0 Å². The lowest BCUT2D eigenvalue weighted by Crippen LogP contribution is -2.44. The Morgan fingerprint density at radius 3 is 2.27 bits per heavy atom. The first kappa shape index (κ1) is 26.7. The van der Waals surface area contributed by atoms with Crippen LogP contribution in [0, 0.1) is 11.8 Å². The lowest BCUT2D eigenvalue weighted by Gasteiger charge is -2.29. The summed E-state index contributed by atoms with van der Waals surface area (Å²) < 4.78 is 7.44. The minimum atomic E-state index is -0.0413. The highest BCUT2D eigenvalue weighted by molar-refractivity contribution is 5.85. The van der Waals surface area contributed by atoms with E-state index in [4.69, 9.17) is 4.74 Å². The zero-order chi connectivity index (χ0) is 24.2. The summed E-state index contributed by atoms with van der Waals surface area (Å²) in [6.45, 7) is 11.2. The van der Waals surface area contributed by atoms with Crippen molar-refractivity contribution in [1.82, 2.24) is 14.4 Å². The third-order valence-electron chi connectivity index (χ3n) is 5.63. The van der Waals surface area contributed by atoms with Crippen LogP contribution < -0.4 is 0 Å². The number of ether oxygens (including phenoxy) is 1. The summed E-state index contributed by atoms with van der Waals surface area (Å²) in [6, 6.07) is 14.3. The second kappa shape index (κ2) is 13.8. The van der Waals surface area contributed by atoms with Crippen LogP contribution in [0.2, 0.25) is 0 Å². The predicted molar refractivity (Wildman–Crippen MR) is 133 cm³/mol. The quantitative estimate of drug-likeness (QED) is 0.423. The fraction of sp³-hybridized carbons (Fsp3) is 0.556. The molecule has 0 unspecified atom stereocenters. The van der Waals surface area contributed by atoms with E-state index in [-0.39, 0.29) is 24.3 Å². The third-order valence-corrected chi connectivity index (χ3v) is 5.63. The number of carbonyl (C=O) groups excluding carboxylic acids is 2. The number of rotatable bonds is 14. The van der Waals surface area contributed by atoms with Crippen molar-refractivity contribution in [3.63, 3.8) is 0 Å². The van der Waals surface area contributed by atoms with Crippen molar-refractivity contribution in [2.24, 2.45) is 11.8 Å². The maximum absolute atomic E-state index is 13.4. The molecule has 0 spiro atoms. The average molecular weight is 456 g/mol. The second-order valence-corrected chi connectivity index (χ2v) is 9.52. The molecular weight excluding hydrogens is 414 g/mol. The van der Waals surface area contributed by atoms with Gasteiger partial charge in [-0.2, -0.15) is 0 Å². The third kappa shape index (κ3) is 9.42. The Kier molecular flexibility index (Phi) is 11.2. The molecule has 1 aromatic carbocycles. The van der Waals surface area contributed by atoms with E-state index < -0.39 is 0 Å². The fourth-order valence-electron chi connectivity index (χ4n) is 3.66. The highest BCUT2D eigenvalue weighted by Gasteiger charge is 2.23. The number of nitrogens with zero attached hydrogens (tertiary/aromatic N) is 3. The van der Waals surface area contributed by atoms with E-state index in [0.717, 1.165) is 18.7 Å². The Morgan fingerprint density at radius 1 is 0.909 bits per heavy atom. The van der Waals surface area contributed by atoms with Crippen LogP contribution in [-0.2, 0) is 27.4 Å². The minimum Gasteiger partial charge on any atom is -0.383 e. The summed E-state index contributed by atoms with van der Waals surface area (Å²) in [5.41, 5.74) is 2.27. The molecule has 182 valence electrons. The average Bonchev–Trinajstić information content (AvgIpc) is 3.20. The first-order chi connectivity index (χ1) is 15.8. The van der Waals surface area contributed by atoms with Crippen molar-refractivity contribution in [1.29, 1.82) is 0 Å². The van der Waals surface area contributed by atoms with Gasteiger partial charge in [0.15, 0.2) is 0 Å². The lowest BCUT2D eigenvalue weighted by molar-refractivity contribution is -0.141. The van der Waals surface area contributed by atoms with Crippen LogP contribution in [0.5, 0.6) is 0 Å². The molecule has 0 radical (unpaired) electrons. The summed E-state index contributed by atoms with van der Waals surface area (Å²) in [7, 11) is 1.64. The van der Waals surface area contributed by atoms with Gasteiger partial charge in [-0.25, -0.2) is 0 Å². The van der Waals surface area contributed by atoms with E-state index in [2.05, 4.69) is 36.6 Å². The molecule has 2 rings (SSSR count). The summed E-state index contributed by atoms with van der Waals surface area (Å²) in [5.74, 6) is 0.749. The van der Waals surface area contributed by atoms with Crippen LogP contribution >= 0.6 is 0 Å². The van der Waals surface area contributed by atoms with Gasteiger partial charge in [0.1, 0.15) is 0 Å². The normalized spacial score (nSPS) is 11.2. The number of hydrogen-bond acceptors (Lipinski definition) is 3. The van der Waals surface area contributed by atoms with Gasteiger partial charge in [0.25, 0.3) is 0 Å². The van der Waals surface area contributed by atoms with E-state index in [1.54, 1.807) is 12.0 Å². The van der Waals surface area contributed by atoms with Crippen LogP contribution in [0.4, 0.5) is 0 Å². The first-order valence-corrected chi connectivity index (χ1v) is 12.0. The van der Waals surface area contributed by atoms with E-state index in [0.29, 0.717) is 38.6 Å². The van der Waals surface area contributed by atoms with Gasteiger partial charge in [-0.1, -0.05) is 58.0 Å². The second-order valence-electron chi connectivity index (χ2n) is 9.52. The van der Waals surface area contributed by atoms with Gasteiger partial charge in [-0.3, -0.25) is 9.59 Å². The van der Waals surface area contributed by atoms with Crippen LogP contribution in [0.25, 0.3) is 0 Å². The molecule has 0 saturated carbocycles. The Morgan fingerprint density at radius 2 is 1.64 bits per heavy atom. The smallest absolute Gasteiger partial charge is 0.242 e. The van der Waals surface area contributed by atoms with Crippen LogP contribution in [-0.4, -0.2) is 59.5 Å². The SMILES string of the molecule is COCCN(Cc1cccn1Cc1ccccc1)C(=O)CN(CCC(C)C)C(=O)CC(C)C. The Bertz CT molecular complexity index is 845. The molecule has 0 fully saturated rings. The highest BCUT2D eigenvalue weighted by Crippen LogP contribution is 2.13. The molecule has 1 heterocycles. The van der Waals surface area contributed by atoms with E-state index in [9.17, 15) is 9.59 Å². The molecule has 6 nitrogen and oxygen atoms in total. The molecule has 0 atom stereocenters. The fourth-order valence-corrected chi connectivity index (χ4v) is 3.66. The topological polar surface area (TPSA) is 54.8 Å². The minimum absolute atomic E-state index is 0.0413. The summed E-state index contributed by atoms with van der Waals surface area (Å²) in [5, 5.41) is 0. The molecule has 0 aliphatic heterocycles. The van der Waals surface area contributed by atoms with Gasteiger partial charge in [0, 0.05) is 45.1 Å². The molecular formula is C27H41N3O3. The molecule has 0 N–H and O–H groups in total. The van der Waals surface area contributed by atoms with Crippen molar-refractivity contribution < 1.29 is 14.3 Å². The highest BCUT2D eigenvalue weighted by atomic mass is 16.5. The molecule has 1 aromatic heterocycles. The summed E-state index contributed by atoms with van der Waals surface area (Å²) >= 11 is 0. The molecule has 33 heavy (non-hydrogen) atoms. The zero-order valence-corrected chi connectivity index (χ0v) is 21.0. The number of methoxy groups -OCH3 is 1. The van der Waals surface area contributed by atoms with E-state index >= 15 is 0 Å². The predicted octanol–water partition coefficient (Wildman–Crippen LogP) is 4.43. The Balaban J connectivity index is 2.13. The maximum Gasteiger partial charge on any atom is 0.242 e. The first-order valence-electron chi connectivity index (χ1n) is 12.0. The number of hydrogen-bond donors (Lipinski definition) is 0. The molecule has 0 aliphatic carbocycles. The Labute approximate surface area is 199 Å². The molecule has 0 aliphatic rings. The summed E-state index contributed by atoms with van der Waals surface area (Å²) in [4.78, 5) is 29.7. The van der Waals surface area contributed by atoms with Gasteiger partial charge < -0.3 is 19.1 Å². The van der Waals surface area contributed by atoms with Crippen LogP contribution in [0.3, 0.4) is 0 Å². The van der Waals surface area contributed by atoms with Crippen molar-refractivity contribution in [2.45, 2.75) is 53.6 Å². The number of aromatic nitrogens is 1. The number of carbonyl (C=O) groups is 2. The largest absolute Gasteiger partial charge is 0.383 e. The van der Waals surface area contributed by atoms with Crippen molar-refractivity contribution in [3.8, 4) is 0 Å². The van der Waals surface area contributed by atoms with E-state index in [1.165, 1.54) is 5.56 Å². The number of amides is 2. The maximum atomic E-state index is 13.4. The van der Waals surface area contributed by atoms with Crippen LogP contribution in [0.1, 0.15) is 51.8 Å². The molecule has 2 aromatic rings. The van der Waals surface area contributed by atoms with Gasteiger partial charge in [-0.15, -0.1) is 0 Å². The van der Waals surface area contributed by atoms with Crippen molar-refractivity contribution >= 4 is 11.8 Å². The van der Waals surface area contributed by atoms with E-state index in [1.807, 2.05) is 49.2 Å². The monoisotopic (exact) mass is 455 g/mol. The lowest BCUT2D eigenvalue weighted by atomic mass is 10.1. The zero-order valence-electron chi connectivity index (χ0n) is 21.0. The van der Waals surface area contributed by atoms with Crippen molar-refractivity contribution in [3.05, 3.63) is 59.9 Å². The Hall–Kier alpha value is -2.60. The van der Waals surface area contributed by atoms with Gasteiger partial charge in [-0.05, 0) is 36.0 Å². The van der Waals surface area contributed by atoms with Crippen LogP contribution in [0.15, 0.2) is 48.7 Å². The summed E-state index contributed by atoms with van der Waals surface area (Å²) in [6.07, 6.45) is 3.39. The standard InChI is InChI=1S/C27H41N3O3/c1-22(2)13-15-29(26(31)18-23(3)4)21-27(32)30(16-17-33-5)20-25-12-9-14-28(25)19-24-10-7-6-8-11-24/h6-12,14,22-23H,13,15-21H2,1-5H3. The van der Waals surface area contributed by atoms with Gasteiger partial charge in [0.05, 0.1) is 19.7 Å².